The van der Waals surface area contributed by atoms with Crippen LogP contribution in [-0.4, -0.2) is 36.5 Å². The molecule has 1 aromatic rings. The van der Waals surface area contributed by atoms with Crippen molar-refractivity contribution in [3.8, 4) is 11.5 Å². The van der Waals surface area contributed by atoms with E-state index < -0.39 is 17.5 Å². The standard InChI is InChI=1S/C16H22O5/c1-16(2,3)21-15(18)12(10-17)9-11-5-4-6-13-14(11)20-8-7-19-13/h4-6,12,17H,7-10H2,1-3H3. The number of fused-ring (bicyclic) bond motifs is 1. The molecule has 21 heavy (non-hydrogen) atoms. The summed E-state index contributed by atoms with van der Waals surface area (Å²) < 4.78 is 16.5. The summed E-state index contributed by atoms with van der Waals surface area (Å²) in [6, 6.07) is 5.56. The molecule has 1 aromatic carbocycles. The van der Waals surface area contributed by atoms with Gasteiger partial charge < -0.3 is 19.3 Å². The minimum atomic E-state index is -0.610. The van der Waals surface area contributed by atoms with Crippen molar-refractivity contribution in [1.29, 1.82) is 0 Å². The molecule has 1 atom stereocenters. The monoisotopic (exact) mass is 294 g/mol. The fraction of sp³-hybridized carbons (Fsp3) is 0.562. The summed E-state index contributed by atoms with van der Waals surface area (Å²) in [5, 5.41) is 9.49. The van der Waals surface area contributed by atoms with Gasteiger partial charge in [-0.25, -0.2) is 0 Å². The average molecular weight is 294 g/mol. The molecule has 2 rings (SSSR count). The Morgan fingerprint density at radius 1 is 1.33 bits per heavy atom. The molecule has 0 spiro atoms. The number of para-hydroxylation sites is 1. The maximum Gasteiger partial charge on any atom is 0.312 e. The number of esters is 1. The SMILES string of the molecule is CC(C)(C)OC(=O)C(CO)Cc1cccc2c1OCCO2. The van der Waals surface area contributed by atoms with Crippen LogP contribution >= 0.6 is 0 Å². The predicted molar refractivity (Wildman–Crippen MR) is 77.6 cm³/mol. The molecule has 1 unspecified atom stereocenters. The van der Waals surface area contributed by atoms with Crippen LogP contribution < -0.4 is 9.47 Å². The van der Waals surface area contributed by atoms with Crippen molar-refractivity contribution >= 4 is 5.97 Å². The average Bonchev–Trinajstić information content (AvgIpc) is 2.42. The highest BCUT2D eigenvalue weighted by Gasteiger charge is 2.27. The van der Waals surface area contributed by atoms with Crippen molar-refractivity contribution in [3.05, 3.63) is 23.8 Å². The van der Waals surface area contributed by atoms with E-state index in [4.69, 9.17) is 14.2 Å². The summed E-state index contributed by atoms with van der Waals surface area (Å²) in [5.41, 5.74) is 0.275. The van der Waals surface area contributed by atoms with Gasteiger partial charge in [-0.3, -0.25) is 4.79 Å². The van der Waals surface area contributed by atoms with Crippen molar-refractivity contribution in [1.82, 2.24) is 0 Å². The van der Waals surface area contributed by atoms with Gasteiger partial charge in [0.2, 0.25) is 0 Å². The van der Waals surface area contributed by atoms with E-state index in [1.54, 1.807) is 20.8 Å². The van der Waals surface area contributed by atoms with Gasteiger partial charge in [0.05, 0.1) is 12.5 Å². The minimum absolute atomic E-state index is 0.264. The van der Waals surface area contributed by atoms with Crippen LogP contribution in [0.3, 0.4) is 0 Å². The summed E-state index contributed by atoms with van der Waals surface area (Å²) in [6.45, 7) is 6.16. The number of aliphatic hydroxyl groups excluding tert-OH is 1. The van der Waals surface area contributed by atoms with E-state index in [0.717, 1.165) is 5.56 Å². The van der Waals surface area contributed by atoms with Crippen molar-refractivity contribution < 1.29 is 24.1 Å². The summed E-state index contributed by atoms with van der Waals surface area (Å²) in [4.78, 5) is 12.1. The van der Waals surface area contributed by atoms with Crippen molar-refractivity contribution in [2.75, 3.05) is 19.8 Å². The van der Waals surface area contributed by atoms with Crippen LogP contribution in [0, 0.1) is 5.92 Å². The molecule has 0 aliphatic carbocycles. The molecule has 0 aromatic heterocycles. The molecule has 0 bridgehead atoms. The first-order valence-corrected chi connectivity index (χ1v) is 7.12. The molecule has 0 fully saturated rings. The van der Waals surface area contributed by atoms with E-state index >= 15 is 0 Å². The lowest BCUT2D eigenvalue weighted by Crippen LogP contribution is -2.31. The zero-order valence-electron chi connectivity index (χ0n) is 12.7. The number of ether oxygens (including phenoxy) is 3. The molecule has 1 aliphatic heterocycles. The molecule has 0 saturated heterocycles. The van der Waals surface area contributed by atoms with Crippen LogP contribution in [0.2, 0.25) is 0 Å². The Balaban J connectivity index is 2.14. The van der Waals surface area contributed by atoms with E-state index in [1.165, 1.54) is 0 Å². The number of rotatable bonds is 4. The van der Waals surface area contributed by atoms with Crippen LogP contribution in [0.25, 0.3) is 0 Å². The van der Waals surface area contributed by atoms with Crippen molar-refractivity contribution in [2.24, 2.45) is 5.92 Å². The number of benzene rings is 1. The second-order valence-electron chi connectivity index (χ2n) is 6.06. The lowest BCUT2D eigenvalue weighted by Gasteiger charge is -2.25. The number of carbonyl (C=O) groups is 1. The molecule has 1 aliphatic rings. The molecule has 1 heterocycles. The van der Waals surface area contributed by atoms with E-state index in [0.29, 0.717) is 31.1 Å². The van der Waals surface area contributed by atoms with Gasteiger partial charge >= 0.3 is 5.97 Å². The first-order valence-electron chi connectivity index (χ1n) is 7.12. The molecule has 5 nitrogen and oxygen atoms in total. The van der Waals surface area contributed by atoms with Crippen molar-refractivity contribution in [3.63, 3.8) is 0 Å². The van der Waals surface area contributed by atoms with Crippen LogP contribution in [0.1, 0.15) is 26.3 Å². The van der Waals surface area contributed by atoms with Gasteiger partial charge in [0.1, 0.15) is 18.8 Å². The first kappa shape index (κ1) is 15.6. The number of aliphatic hydroxyl groups is 1. The summed E-state index contributed by atoms with van der Waals surface area (Å²) in [6.07, 6.45) is 0.359. The third-order valence-corrected chi connectivity index (χ3v) is 3.07. The number of hydrogen-bond donors (Lipinski definition) is 1. The predicted octanol–water partition coefficient (Wildman–Crippen LogP) is 1.95. The van der Waals surface area contributed by atoms with E-state index in [-0.39, 0.29) is 6.61 Å². The summed E-state index contributed by atoms with van der Waals surface area (Å²) in [5.74, 6) is 0.325. The smallest absolute Gasteiger partial charge is 0.312 e. The van der Waals surface area contributed by atoms with Gasteiger partial charge in [-0.1, -0.05) is 12.1 Å². The highest BCUT2D eigenvalue weighted by atomic mass is 16.6. The van der Waals surface area contributed by atoms with Gasteiger partial charge in [0, 0.05) is 0 Å². The largest absolute Gasteiger partial charge is 0.486 e. The molecule has 0 saturated carbocycles. The van der Waals surface area contributed by atoms with E-state index in [2.05, 4.69) is 0 Å². The Hall–Kier alpha value is -1.75. The molecular formula is C16H22O5. The molecular weight excluding hydrogens is 272 g/mol. The normalized spacial score (nSPS) is 15.4. The van der Waals surface area contributed by atoms with Crippen molar-refractivity contribution in [2.45, 2.75) is 32.8 Å². The van der Waals surface area contributed by atoms with Gasteiger partial charge in [0.15, 0.2) is 11.5 Å². The van der Waals surface area contributed by atoms with Crippen LogP contribution in [0.4, 0.5) is 0 Å². The zero-order valence-corrected chi connectivity index (χ0v) is 12.7. The molecule has 1 N–H and O–H groups in total. The van der Waals surface area contributed by atoms with Gasteiger partial charge in [-0.2, -0.15) is 0 Å². The van der Waals surface area contributed by atoms with Gasteiger partial charge in [-0.05, 0) is 38.8 Å². The van der Waals surface area contributed by atoms with Crippen LogP contribution in [0.15, 0.2) is 18.2 Å². The fourth-order valence-corrected chi connectivity index (χ4v) is 2.17. The van der Waals surface area contributed by atoms with E-state index in [9.17, 15) is 9.90 Å². The lowest BCUT2D eigenvalue weighted by molar-refractivity contribution is -0.161. The Labute approximate surface area is 124 Å². The molecule has 0 amide bonds. The Morgan fingerprint density at radius 2 is 2.05 bits per heavy atom. The maximum absolute atomic E-state index is 12.1. The second-order valence-corrected chi connectivity index (χ2v) is 6.06. The third kappa shape index (κ3) is 4.11. The van der Waals surface area contributed by atoms with E-state index in [1.807, 2.05) is 18.2 Å². The Morgan fingerprint density at radius 3 is 2.71 bits per heavy atom. The minimum Gasteiger partial charge on any atom is -0.486 e. The quantitative estimate of drug-likeness (QED) is 0.860. The topological polar surface area (TPSA) is 65.0 Å². The highest BCUT2D eigenvalue weighted by molar-refractivity contribution is 5.73. The maximum atomic E-state index is 12.1. The number of carbonyl (C=O) groups excluding carboxylic acids is 1. The zero-order chi connectivity index (χ0) is 15.5. The van der Waals surface area contributed by atoms with Gasteiger partial charge in [-0.15, -0.1) is 0 Å². The molecule has 5 heteroatoms. The van der Waals surface area contributed by atoms with Crippen LogP contribution in [-0.2, 0) is 16.0 Å². The van der Waals surface area contributed by atoms with Crippen LogP contribution in [0.5, 0.6) is 11.5 Å². The summed E-state index contributed by atoms with van der Waals surface area (Å²) >= 11 is 0. The second kappa shape index (κ2) is 6.35. The summed E-state index contributed by atoms with van der Waals surface area (Å²) in [7, 11) is 0. The third-order valence-electron chi connectivity index (χ3n) is 3.07. The van der Waals surface area contributed by atoms with Gasteiger partial charge in [0.25, 0.3) is 0 Å². The molecule has 0 radical (unpaired) electrons. The fourth-order valence-electron chi connectivity index (χ4n) is 2.17. The first-order chi connectivity index (χ1) is 9.90. The highest BCUT2D eigenvalue weighted by Crippen LogP contribution is 2.35. The lowest BCUT2D eigenvalue weighted by atomic mass is 9.98. The number of hydrogen-bond acceptors (Lipinski definition) is 5. The molecule has 116 valence electrons. The Kier molecular flexibility index (Phi) is 4.73. The Bertz CT molecular complexity index is 504.